The van der Waals surface area contributed by atoms with E-state index in [1.807, 2.05) is 19.4 Å². The number of furan rings is 1. The van der Waals surface area contributed by atoms with Crippen LogP contribution in [-0.2, 0) is 7.05 Å². The van der Waals surface area contributed by atoms with Crippen LogP contribution in [0.2, 0.25) is 0 Å². The fourth-order valence-electron chi connectivity index (χ4n) is 1.80. The fourth-order valence-corrected chi connectivity index (χ4v) is 2.67. The van der Waals surface area contributed by atoms with E-state index in [-0.39, 0.29) is 5.56 Å². The minimum absolute atomic E-state index is 0.118. The van der Waals surface area contributed by atoms with Crippen molar-refractivity contribution in [2.24, 2.45) is 7.05 Å². The normalized spacial score (nSPS) is 10.9. The maximum Gasteiger partial charge on any atom is 0.338 e. The Bertz CT molecular complexity index is 784. The molecule has 3 rings (SSSR count). The molecule has 1 N–H and O–H groups in total. The van der Waals surface area contributed by atoms with E-state index < -0.39 is 5.97 Å². The van der Waals surface area contributed by atoms with Crippen molar-refractivity contribution in [3.8, 4) is 22.0 Å². The van der Waals surface area contributed by atoms with Gasteiger partial charge in [-0.1, -0.05) is 0 Å². The minimum Gasteiger partial charge on any atom is -0.478 e. The second-order valence-corrected chi connectivity index (χ2v) is 5.17. The van der Waals surface area contributed by atoms with Crippen molar-refractivity contribution in [1.82, 2.24) is 14.8 Å². The number of carboxylic acids is 1. The molecule has 102 valence electrons. The van der Waals surface area contributed by atoms with E-state index in [4.69, 9.17) is 9.52 Å². The number of rotatable bonds is 3. The molecule has 0 saturated carbocycles. The van der Waals surface area contributed by atoms with Crippen LogP contribution < -0.4 is 0 Å². The minimum atomic E-state index is -1.02. The average molecular weight is 289 g/mol. The van der Waals surface area contributed by atoms with E-state index >= 15 is 0 Å². The zero-order chi connectivity index (χ0) is 14.3. The monoisotopic (exact) mass is 289 g/mol. The van der Waals surface area contributed by atoms with Crippen LogP contribution in [0.15, 0.2) is 28.3 Å². The molecule has 7 heteroatoms. The van der Waals surface area contributed by atoms with Crippen LogP contribution in [0.25, 0.3) is 22.0 Å². The third-order valence-electron chi connectivity index (χ3n) is 3.07. The van der Waals surface area contributed by atoms with Gasteiger partial charge in [0.25, 0.3) is 0 Å². The molecule has 0 saturated heterocycles. The molecular weight excluding hydrogens is 278 g/mol. The van der Waals surface area contributed by atoms with Gasteiger partial charge in [0.05, 0.1) is 17.3 Å². The van der Waals surface area contributed by atoms with Crippen molar-refractivity contribution < 1.29 is 14.3 Å². The van der Waals surface area contributed by atoms with Crippen LogP contribution >= 0.6 is 11.3 Å². The lowest BCUT2D eigenvalue weighted by Gasteiger charge is -1.95. The predicted molar refractivity (Wildman–Crippen MR) is 73.7 cm³/mol. The van der Waals surface area contributed by atoms with E-state index in [9.17, 15) is 4.79 Å². The third kappa shape index (κ3) is 2.01. The van der Waals surface area contributed by atoms with Gasteiger partial charge in [0.2, 0.25) is 0 Å². The highest BCUT2D eigenvalue weighted by Crippen LogP contribution is 2.31. The summed E-state index contributed by atoms with van der Waals surface area (Å²) in [5.41, 5.74) is 2.73. The summed E-state index contributed by atoms with van der Waals surface area (Å²) in [6.07, 6.45) is 2.98. The Morgan fingerprint density at radius 1 is 1.50 bits per heavy atom. The number of carboxylic acid groups (broad SMARTS) is 1. The molecule has 3 heterocycles. The van der Waals surface area contributed by atoms with Crippen LogP contribution in [0, 0.1) is 6.92 Å². The Morgan fingerprint density at radius 2 is 2.30 bits per heavy atom. The Morgan fingerprint density at radius 3 is 2.90 bits per heavy atom. The summed E-state index contributed by atoms with van der Waals surface area (Å²) in [6.45, 7) is 1.97. The second kappa shape index (κ2) is 4.61. The first-order chi connectivity index (χ1) is 9.56. The Balaban J connectivity index is 1.97. The van der Waals surface area contributed by atoms with Gasteiger partial charge in [-0.15, -0.1) is 11.3 Å². The molecule has 0 atom stereocenters. The van der Waals surface area contributed by atoms with Gasteiger partial charge < -0.3 is 9.52 Å². The van der Waals surface area contributed by atoms with Gasteiger partial charge in [0.1, 0.15) is 17.0 Å². The third-order valence-corrected chi connectivity index (χ3v) is 3.94. The molecule has 0 spiro atoms. The van der Waals surface area contributed by atoms with E-state index in [1.165, 1.54) is 23.7 Å². The molecule has 0 amide bonds. The number of aromatic nitrogens is 3. The molecular formula is C13H11N3O3S. The summed E-state index contributed by atoms with van der Waals surface area (Å²) in [4.78, 5) is 15.3. The van der Waals surface area contributed by atoms with Gasteiger partial charge in [-0.2, -0.15) is 5.10 Å². The lowest BCUT2D eigenvalue weighted by molar-refractivity contribution is 0.0696. The molecule has 0 fully saturated rings. The summed E-state index contributed by atoms with van der Waals surface area (Å²) >= 11 is 1.47. The van der Waals surface area contributed by atoms with E-state index in [0.29, 0.717) is 11.5 Å². The molecule has 0 bridgehead atoms. The van der Waals surface area contributed by atoms with Gasteiger partial charge in [0.15, 0.2) is 5.76 Å². The van der Waals surface area contributed by atoms with Gasteiger partial charge in [-0.25, -0.2) is 9.78 Å². The lowest BCUT2D eigenvalue weighted by atomic mass is 10.2. The van der Waals surface area contributed by atoms with E-state index in [1.54, 1.807) is 10.9 Å². The van der Waals surface area contributed by atoms with Crippen LogP contribution in [0.1, 0.15) is 16.1 Å². The molecule has 6 nitrogen and oxygen atoms in total. The fraction of sp³-hybridized carbons (Fsp3) is 0.154. The number of aromatic carboxylic acids is 1. The number of hydrogen-bond acceptors (Lipinski definition) is 5. The van der Waals surface area contributed by atoms with Crippen molar-refractivity contribution in [1.29, 1.82) is 0 Å². The summed E-state index contributed by atoms with van der Waals surface area (Å²) in [6, 6.07) is 1.47. The predicted octanol–water partition coefficient (Wildman–Crippen LogP) is 2.81. The molecule has 20 heavy (non-hydrogen) atoms. The lowest BCUT2D eigenvalue weighted by Crippen LogP contribution is -1.92. The quantitative estimate of drug-likeness (QED) is 0.801. The summed E-state index contributed by atoms with van der Waals surface area (Å²) < 4.78 is 7.02. The van der Waals surface area contributed by atoms with Crippen molar-refractivity contribution in [2.75, 3.05) is 0 Å². The first-order valence-corrected chi connectivity index (χ1v) is 6.71. The van der Waals surface area contributed by atoms with Crippen molar-refractivity contribution in [3.05, 3.63) is 35.2 Å². The standard InChI is InChI=1S/C13H11N3O3S/c1-7-9(4-14-16(7)2)12-15-10(6-20-12)11-3-8(5-19-11)13(17)18/h3-6H,1-2H3,(H,17,18). The summed E-state index contributed by atoms with van der Waals surface area (Å²) in [5, 5.41) is 15.7. The molecule has 3 aromatic rings. The van der Waals surface area contributed by atoms with Crippen LogP contribution in [0.3, 0.4) is 0 Å². The van der Waals surface area contributed by atoms with Crippen molar-refractivity contribution >= 4 is 17.3 Å². The first kappa shape index (κ1) is 12.6. The van der Waals surface area contributed by atoms with Crippen molar-refractivity contribution in [2.45, 2.75) is 6.92 Å². The molecule has 0 aliphatic rings. The smallest absolute Gasteiger partial charge is 0.338 e. The Hall–Kier alpha value is -2.41. The SMILES string of the molecule is Cc1c(-c2nc(-c3cc(C(=O)O)co3)cs2)cnn1C. The number of nitrogens with zero attached hydrogens (tertiary/aromatic N) is 3. The number of carbonyl (C=O) groups is 1. The average Bonchev–Trinajstić information content (AvgIpc) is 3.10. The van der Waals surface area contributed by atoms with Crippen LogP contribution in [0.4, 0.5) is 0 Å². The topological polar surface area (TPSA) is 81.2 Å². The second-order valence-electron chi connectivity index (χ2n) is 4.31. The summed E-state index contributed by atoms with van der Waals surface area (Å²) in [7, 11) is 1.87. The van der Waals surface area contributed by atoms with Crippen LogP contribution in [-0.4, -0.2) is 25.8 Å². The van der Waals surface area contributed by atoms with Gasteiger partial charge in [0, 0.05) is 24.2 Å². The number of aryl methyl sites for hydroxylation is 1. The number of thiazole rings is 1. The Labute approximate surface area is 118 Å². The molecule has 0 unspecified atom stereocenters. The molecule has 3 aromatic heterocycles. The van der Waals surface area contributed by atoms with Crippen LogP contribution in [0.5, 0.6) is 0 Å². The summed E-state index contributed by atoms with van der Waals surface area (Å²) in [5.74, 6) is -0.565. The highest BCUT2D eigenvalue weighted by atomic mass is 32.1. The molecule has 0 aromatic carbocycles. The molecule has 0 radical (unpaired) electrons. The van der Waals surface area contributed by atoms with E-state index in [0.717, 1.165) is 16.3 Å². The Kier molecular flexibility index (Phi) is 2.90. The zero-order valence-electron chi connectivity index (χ0n) is 10.8. The number of hydrogen-bond donors (Lipinski definition) is 1. The van der Waals surface area contributed by atoms with Crippen molar-refractivity contribution in [3.63, 3.8) is 0 Å². The maximum absolute atomic E-state index is 10.8. The maximum atomic E-state index is 10.8. The largest absolute Gasteiger partial charge is 0.478 e. The molecule has 0 aliphatic heterocycles. The molecule has 0 aliphatic carbocycles. The van der Waals surface area contributed by atoms with Gasteiger partial charge >= 0.3 is 5.97 Å². The zero-order valence-corrected chi connectivity index (χ0v) is 11.6. The highest BCUT2D eigenvalue weighted by Gasteiger charge is 2.15. The highest BCUT2D eigenvalue weighted by molar-refractivity contribution is 7.13. The van der Waals surface area contributed by atoms with E-state index in [2.05, 4.69) is 10.1 Å². The first-order valence-electron chi connectivity index (χ1n) is 5.83. The van der Waals surface area contributed by atoms with Gasteiger partial charge in [-0.05, 0) is 6.92 Å². The van der Waals surface area contributed by atoms with Gasteiger partial charge in [-0.3, -0.25) is 4.68 Å².